The Hall–Kier alpha value is -1.77. The van der Waals surface area contributed by atoms with E-state index in [1.54, 1.807) is 0 Å². The first-order valence-electron chi connectivity index (χ1n) is 5.66. The van der Waals surface area contributed by atoms with Gasteiger partial charge in [0, 0.05) is 37.6 Å². The molecule has 2 aromatic rings. The smallest absolute Gasteiger partial charge is 0.116 e. The second-order valence-electron chi connectivity index (χ2n) is 4.25. The van der Waals surface area contributed by atoms with E-state index in [-0.39, 0.29) is 0 Å². The van der Waals surface area contributed by atoms with Crippen molar-refractivity contribution in [2.45, 2.75) is 12.3 Å². The van der Waals surface area contributed by atoms with E-state index in [0.717, 1.165) is 18.8 Å². The van der Waals surface area contributed by atoms with Crippen LogP contribution >= 0.6 is 0 Å². The van der Waals surface area contributed by atoms with E-state index in [4.69, 9.17) is 0 Å². The maximum absolute atomic E-state index is 4.47. The summed E-state index contributed by atoms with van der Waals surface area (Å²) in [4.78, 5) is 4.47. The van der Waals surface area contributed by atoms with E-state index in [9.17, 15) is 0 Å². The zero-order valence-corrected chi connectivity index (χ0v) is 9.35. The maximum Gasteiger partial charge on any atom is 0.116 e. The molecule has 2 heterocycles. The van der Waals surface area contributed by atoms with Crippen molar-refractivity contribution in [2.24, 2.45) is 7.05 Å². The first-order valence-corrected chi connectivity index (χ1v) is 5.66. The van der Waals surface area contributed by atoms with Crippen molar-refractivity contribution in [1.29, 1.82) is 0 Å². The largest absolute Gasteiger partial charge is 0.385 e. The lowest BCUT2D eigenvalue weighted by Crippen LogP contribution is -2.19. The lowest BCUT2D eigenvalue weighted by molar-refractivity contribution is 0.643. The number of hydrogen-bond acceptors (Lipinski definition) is 2. The van der Waals surface area contributed by atoms with E-state index in [0.29, 0.717) is 5.92 Å². The quantitative estimate of drug-likeness (QED) is 0.788. The highest BCUT2D eigenvalue weighted by molar-refractivity contribution is 5.56. The summed E-state index contributed by atoms with van der Waals surface area (Å²) in [6, 6.07) is 8.51. The first-order chi connectivity index (χ1) is 7.86. The van der Waals surface area contributed by atoms with E-state index < -0.39 is 0 Å². The number of fused-ring (bicyclic) bond motifs is 1. The number of anilines is 1. The molecule has 1 aliphatic rings. The molecule has 1 aliphatic heterocycles. The van der Waals surface area contributed by atoms with E-state index in [1.165, 1.54) is 11.3 Å². The molecule has 82 valence electrons. The average molecular weight is 213 g/mol. The van der Waals surface area contributed by atoms with Gasteiger partial charge >= 0.3 is 0 Å². The molecule has 16 heavy (non-hydrogen) atoms. The summed E-state index contributed by atoms with van der Waals surface area (Å²) >= 11 is 0. The summed E-state index contributed by atoms with van der Waals surface area (Å²) in [6.07, 6.45) is 5.00. The Bertz CT molecular complexity index is 501. The Morgan fingerprint density at radius 3 is 3.06 bits per heavy atom. The number of rotatable bonds is 1. The van der Waals surface area contributed by atoms with Crippen molar-refractivity contribution in [3.63, 3.8) is 0 Å². The van der Waals surface area contributed by atoms with Crippen LogP contribution in [0.4, 0.5) is 5.69 Å². The summed E-state index contributed by atoms with van der Waals surface area (Å²) in [6.45, 7) is 1.02. The monoisotopic (exact) mass is 213 g/mol. The Balaban J connectivity index is 2.08. The van der Waals surface area contributed by atoms with Crippen molar-refractivity contribution in [2.75, 3.05) is 11.9 Å². The van der Waals surface area contributed by atoms with Gasteiger partial charge in [0.1, 0.15) is 5.82 Å². The standard InChI is InChI=1S/C13H15N3/c1-16-9-8-15-13(16)11-6-7-14-12-5-3-2-4-10(11)12/h2-5,8-9,11,14H,6-7H2,1H3. The molecule has 3 rings (SSSR count). The molecule has 0 saturated heterocycles. The zero-order chi connectivity index (χ0) is 11.0. The third-order valence-electron chi connectivity index (χ3n) is 3.25. The van der Waals surface area contributed by atoms with Crippen LogP contribution in [0.3, 0.4) is 0 Å². The lowest BCUT2D eigenvalue weighted by Gasteiger charge is -2.26. The molecule has 0 amide bonds. The van der Waals surface area contributed by atoms with Crippen LogP contribution in [0.5, 0.6) is 0 Å². The Kier molecular flexibility index (Phi) is 2.17. The van der Waals surface area contributed by atoms with Gasteiger partial charge in [0.05, 0.1) is 0 Å². The molecule has 1 aromatic heterocycles. The van der Waals surface area contributed by atoms with Gasteiger partial charge in [0.15, 0.2) is 0 Å². The summed E-state index contributed by atoms with van der Waals surface area (Å²) < 4.78 is 2.12. The molecule has 3 nitrogen and oxygen atoms in total. The highest BCUT2D eigenvalue weighted by atomic mass is 15.0. The minimum absolute atomic E-state index is 0.428. The zero-order valence-electron chi connectivity index (χ0n) is 9.35. The van der Waals surface area contributed by atoms with Crippen molar-refractivity contribution in [3.8, 4) is 0 Å². The predicted molar refractivity (Wildman–Crippen MR) is 64.6 cm³/mol. The topological polar surface area (TPSA) is 29.9 Å². The second-order valence-corrected chi connectivity index (χ2v) is 4.25. The van der Waals surface area contributed by atoms with E-state index in [2.05, 4.69) is 46.2 Å². The number of benzene rings is 1. The summed E-state index contributed by atoms with van der Waals surface area (Å²) in [5.41, 5.74) is 2.62. The van der Waals surface area contributed by atoms with Gasteiger partial charge in [-0.1, -0.05) is 18.2 Å². The van der Waals surface area contributed by atoms with E-state index in [1.807, 2.05) is 12.4 Å². The van der Waals surface area contributed by atoms with Crippen molar-refractivity contribution >= 4 is 5.69 Å². The lowest BCUT2D eigenvalue weighted by atomic mass is 9.90. The normalized spacial score (nSPS) is 18.9. The number of aryl methyl sites for hydroxylation is 1. The van der Waals surface area contributed by atoms with Crippen molar-refractivity contribution in [1.82, 2.24) is 9.55 Å². The number of imidazole rings is 1. The van der Waals surface area contributed by atoms with Gasteiger partial charge in [-0.25, -0.2) is 4.98 Å². The van der Waals surface area contributed by atoms with Crippen LogP contribution in [-0.4, -0.2) is 16.1 Å². The van der Waals surface area contributed by atoms with E-state index >= 15 is 0 Å². The van der Waals surface area contributed by atoms with Gasteiger partial charge in [-0.15, -0.1) is 0 Å². The molecule has 0 saturated carbocycles. The van der Waals surface area contributed by atoms with Crippen LogP contribution in [0, 0.1) is 0 Å². The van der Waals surface area contributed by atoms with Crippen LogP contribution in [0.2, 0.25) is 0 Å². The predicted octanol–water partition coefficient (Wildman–Crippen LogP) is 2.37. The van der Waals surface area contributed by atoms with Gasteiger partial charge in [-0.3, -0.25) is 0 Å². The second kappa shape index (κ2) is 3.67. The van der Waals surface area contributed by atoms with Crippen molar-refractivity contribution < 1.29 is 0 Å². The third-order valence-corrected chi connectivity index (χ3v) is 3.25. The molecule has 1 atom stereocenters. The summed E-state index contributed by atoms with van der Waals surface area (Å²) in [5.74, 6) is 1.59. The third kappa shape index (κ3) is 1.40. The molecule has 3 heteroatoms. The Labute approximate surface area is 95.1 Å². The maximum atomic E-state index is 4.47. The molecular formula is C13H15N3. The van der Waals surface area contributed by atoms with Gasteiger partial charge in [-0.05, 0) is 18.1 Å². The number of aromatic nitrogens is 2. The number of nitrogens with one attached hydrogen (secondary N) is 1. The van der Waals surface area contributed by atoms with Crippen LogP contribution in [0.15, 0.2) is 36.7 Å². The Morgan fingerprint density at radius 2 is 2.25 bits per heavy atom. The minimum Gasteiger partial charge on any atom is -0.385 e. The fraction of sp³-hybridized carbons (Fsp3) is 0.308. The highest BCUT2D eigenvalue weighted by Gasteiger charge is 2.23. The molecular weight excluding hydrogens is 198 g/mol. The molecule has 0 fully saturated rings. The molecule has 1 unspecified atom stereocenters. The molecule has 1 N–H and O–H groups in total. The fourth-order valence-corrected chi connectivity index (χ4v) is 2.45. The van der Waals surface area contributed by atoms with Crippen LogP contribution in [-0.2, 0) is 7.05 Å². The molecule has 0 radical (unpaired) electrons. The van der Waals surface area contributed by atoms with Gasteiger partial charge in [-0.2, -0.15) is 0 Å². The highest BCUT2D eigenvalue weighted by Crippen LogP contribution is 2.35. The van der Waals surface area contributed by atoms with Crippen LogP contribution in [0.25, 0.3) is 0 Å². The first kappa shape index (κ1) is 9.46. The molecule has 0 aliphatic carbocycles. The van der Waals surface area contributed by atoms with Gasteiger partial charge in [0.25, 0.3) is 0 Å². The number of hydrogen-bond donors (Lipinski definition) is 1. The SMILES string of the molecule is Cn1ccnc1C1CCNc2ccccc21. The van der Waals surface area contributed by atoms with Gasteiger partial charge in [0.2, 0.25) is 0 Å². The average Bonchev–Trinajstić information content (AvgIpc) is 2.75. The molecule has 0 bridgehead atoms. The summed E-state index contributed by atoms with van der Waals surface area (Å²) in [5, 5.41) is 3.44. The molecule has 0 spiro atoms. The van der Waals surface area contributed by atoms with Crippen molar-refractivity contribution in [3.05, 3.63) is 48.0 Å². The number of nitrogens with zero attached hydrogens (tertiary/aromatic N) is 2. The molecule has 1 aromatic carbocycles. The minimum atomic E-state index is 0.428. The fourth-order valence-electron chi connectivity index (χ4n) is 2.45. The Morgan fingerprint density at radius 1 is 1.38 bits per heavy atom. The van der Waals surface area contributed by atoms with Gasteiger partial charge < -0.3 is 9.88 Å². The van der Waals surface area contributed by atoms with Crippen LogP contribution in [0.1, 0.15) is 23.7 Å². The van der Waals surface area contributed by atoms with Crippen LogP contribution < -0.4 is 5.32 Å². The summed E-state index contributed by atoms with van der Waals surface area (Å²) in [7, 11) is 2.06. The number of para-hydroxylation sites is 1.